The van der Waals surface area contributed by atoms with Crippen molar-refractivity contribution in [3.05, 3.63) is 46.4 Å². The van der Waals surface area contributed by atoms with Crippen LogP contribution in [-0.2, 0) is 16.6 Å². The quantitative estimate of drug-likeness (QED) is 0.881. The molecule has 2 aromatic heterocycles. The van der Waals surface area contributed by atoms with Crippen LogP contribution in [0.1, 0.15) is 34.5 Å². The second-order valence-electron chi connectivity index (χ2n) is 5.66. The van der Waals surface area contributed by atoms with E-state index in [4.69, 9.17) is 0 Å². The lowest BCUT2D eigenvalue weighted by Gasteiger charge is -2.25. The Morgan fingerprint density at radius 3 is 2.79 bits per heavy atom. The largest absolute Gasteiger partial charge is 0.347 e. The fraction of sp³-hybridized carbons (Fsp3) is 0.375. The van der Waals surface area contributed by atoms with Crippen LogP contribution in [-0.4, -0.2) is 36.7 Å². The van der Waals surface area contributed by atoms with Gasteiger partial charge in [0.05, 0.1) is 9.77 Å². The smallest absolute Gasteiger partial charge is 0.261 e. The Labute approximate surface area is 145 Å². The van der Waals surface area contributed by atoms with Crippen LogP contribution in [0.5, 0.6) is 0 Å². The van der Waals surface area contributed by atoms with Crippen LogP contribution in [0.2, 0.25) is 0 Å². The molecular weight excluding hydrogens is 346 g/mol. The number of rotatable bonds is 5. The van der Waals surface area contributed by atoms with E-state index in [0.29, 0.717) is 24.5 Å². The average Bonchev–Trinajstić information content (AvgIpc) is 3.12. The minimum Gasteiger partial charge on any atom is -0.347 e. The van der Waals surface area contributed by atoms with Gasteiger partial charge in [-0.3, -0.25) is 9.78 Å². The highest BCUT2D eigenvalue weighted by molar-refractivity contribution is 7.89. The third-order valence-corrected chi connectivity index (χ3v) is 6.88. The molecule has 0 atom stereocenters. The molecule has 0 bridgehead atoms. The summed E-state index contributed by atoms with van der Waals surface area (Å²) in [5.74, 6) is -0.274. The number of sulfonamides is 1. The molecule has 1 aliphatic heterocycles. The van der Waals surface area contributed by atoms with Crippen LogP contribution < -0.4 is 5.32 Å². The fourth-order valence-corrected chi connectivity index (χ4v) is 5.29. The zero-order valence-corrected chi connectivity index (χ0v) is 14.8. The number of nitrogens with one attached hydrogen (secondary N) is 1. The van der Waals surface area contributed by atoms with Crippen LogP contribution in [0, 0.1) is 0 Å². The predicted molar refractivity (Wildman–Crippen MR) is 92.3 cm³/mol. The van der Waals surface area contributed by atoms with E-state index in [1.165, 1.54) is 10.4 Å². The average molecular weight is 365 g/mol. The normalized spacial score (nSPS) is 16.0. The van der Waals surface area contributed by atoms with E-state index in [1.807, 2.05) is 6.07 Å². The Bertz CT molecular complexity index is 797. The number of carbonyl (C=O) groups is 1. The number of nitrogens with zero attached hydrogens (tertiary/aromatic N) is 2. The molecule has 1 N–H and O–H groups in total. The van der Waals surface area contributed by atoms with Crippen molar-refractivity contribution in [1.29, 1.82) is 0 Å². The molecule has 1 saturated heterocycles. The second kappa shape index (κ2) is 7.42. The highest BCUT2D eigenvalue weighted by Gasteiger charge is 2.27. The number of amides is 1. The monoisotopic (exact) mass is 365 g/mol. The van der Waals surface area contributed by atoms with E-state index in [1.54, 1.807) is 23.8 Å². The highest BCUT2D eigenvalue weighted by Crippen LogP contribution is 2.25. The number of carbonyl (C=O) groups excluding carboxylic acids is 1. The van der Waals surface area contributed by atoms with Gasteiger partial charge >= 0.3 is 0 Å². The third kappa shape index (κ3) is 3.82. The first-order valence-corrected chi connectivity index (χ1v) is 10.1. The van der Waals surface area contributed by atoms with E-state index >= 15 is 0 Å². The maximum absolute atomic E-state index is 12.6. The lowest BCUT2D eigenvalue weighted by molar-refractivity contribution is 0.0955. The Morgan fingerprint density at radius 1 is 1.29 bits per heavy atom. The Morgan fingerprint density at radius 2 is 2.08 bits per heavy atom. The molecule has 1 aliphatic rings. The minimum atomic E-state index is -3.49. The van der Waals surface area contributed by atoms with Gasteiger partial charge in [-0.1, -0.05) is 12.5 Å². The summed E-state index contributed by atoms with van der Waals surface area (Å²) in [6, 6.07) is 5.14. The fourth-order valence-electron chi connectivity index (χ4n) is 2.60. The lowest BCUT2D eigenvalue weighted by Crippen LogP contribution is -2.35. The summed E-state index contributed by atoms with van der Waals surface area (Å²) >= 11 is 1.15. The van der Waals surface area contributed by atoms with Gasteiger partial charge in [0, 0.05) is 37.4 Å². The van der Waals surface area contributed by atoms with Crippen molar-refractivity contribution in [2.45, 2.75) is 30.7 Å². The molecule has 1 amide bonds. The van der Waals surface area contributed by atoms with E-state index in [-0.39, 0.29) is 10.8 Å². The van der Waals surface area contributed by atoms with Gasteiger partial charge in [0.25, 0.3) is 5.91 Å². The van der Waals surface area contributed by atoms with Crippen molar-refractivity contribution in [2.24, 2.45) is 0 Å². The van der Waals surface area contributed by atoms with E-state index < -0.39 is 10.0 Å². The molecule has 3 heterocycles. The summed E-state index contributed by atoms with van der Waals surface area (Å²) in [4.78, 5) is 16.8. The molecule has 8 heteroatoms. The molecule has 24 heavy (non-hydrogen) atoms. The first kappa shape index (κ1) is 17.1. The minimum absolute atomic E-state index is 0.209. The first-order valence-electron chi connectivity index (χ1n) is 7.83. The summed E-state index contributed by atoms with van der Waals surface area (Å²) < 4.78 is 26.7. The maximum atomic E-state index is 12.6. The molecule has 0 spiro atoms. The van der Waals surface area contributed by atoms with E-state index in [9.17, 15) is 13.2 Å². The van der Waals surface area contributed by atoms with Crippen molar-refractivity contribution in [2.75, 3.05) is 13.1 Å². The van der Waals surface area contributed by atoms with Gasteiger partial charge in [0.2, 0.25) is 10.0 Å². The molecule has 2 aromatic rings. The number of piperidine rings is 1. The standard InChI is InChI=1S/C16H19N3O3S2/c20-16(18-11-13-5-4-6-17-10-13)15-9-14(12-23-15)24(21,22)19-7-2-1-3-8-19/h4-6,9-10,12H,1-3,7-8,11H2,(H,18,20). The summed E-state index contributed by atoms with van der Waals surface area (Å²) in [5, 5.41) is 4.33. The summed E-state index contributed by atoms with van der Waals surface area (Å²) in [5.41, 5.74) is 0.892. The van der Waals surface area contributed by atoms with E-state index in [2.05, 4.69) is 10.3 Å². The van der Waals surface area contributed by atoms with Crippen LogP contribution in [0.15, 0.2) is 40.9 Å². The van der Waals surface area contributed by atoms with Crippen molar-refractivity contribution < 1.29 is 13.2 Å². The SMILES string of the molecule is O=C(NCc1cccnc1)c1cc(S(=O)(=O)N2CCCCC2)cs1. The molecule has 0 unspecified atom stereocenters. The Kier molecular flexibility index (Phi) is 5.27. The molecule has 0 saturated carbocycles. The topological polar surface area (TPSA) is 79.4 Å². The van der Waals surface area contributed by atoms with Crippen molar-refractivity contribution in [3.8, 4) is 0 Å². The van der Waals surface area contributed by atoms with Gasteiger partial charge in [-0.15, -0.1) is 11.3 Å². The van der Waals surface area contributed by atoms with Crippen LogP contribution in [0.3, 0.4) is 0 Å². The highest BCUT2D eigenvalue weighted by atomic mass is 32.2. The van der Waals surface area contributed by atoms with Crippen molar-refractivity contribution >= 4 is 27.3 Å². The van der Waals surface area contributed by atoms with Gasteiger partial charge in [-0.25, -0.2) is 8.42 Å². The zero-order chi connectivity index (χ0) is 17.0. The number of hydrogen-bond acceptors (Lipinski definition) is 5. The number of hydrogen-bond donors (Lipinski definition) is 1. The Balaban J connectivity index is 1.67. The summed E-state index contributed by atoms with van der Waals surface area (Å²) in [6.07, 6.45) is 6.20. The molecule has 0 aliphatic carbocycles. The lowest BCUT2D eigenvalue weighted by atomic mass is 10.2. The Hall–Kier alpha value is -1.77. The van der Waals surface area contributed by atoms with Crippen LogP contribution in [0.25, 0.3) is 0 Å². The summed E-state index contributed by atoms with van der Waals surface area (Å²) in [6.45, 7) is 1.47. The third-order valence-electron chi connectivity index (χ3n) is 3.93. The number of pyridine rings is 1. The number of aromatic nitrogens is 1. The number of thiophene rings is 1. The molecule has 128 valence electrons. The van der Waals surface area contributed by atoms with Gasteiger partial charge < -0.3 is 5.32 Å². The molecule has 0 radical (unpaired) electrons. The van der Waals surface area contributed by atoms with Crippen LogP contribution in [0.4, 0.5) is 0 Å². The second-order valence-corrected chi connectivity index (χ2v) is 8.50. The summed E-state index contributed by atoms with van der Waals surface area (Å²) in [7, 11) is -3.49. The molecule has 1 fully saturated rings. The molecule has 0 aromatic carbocycles. The predicted octanol–water partition coefficient (Wildman–Crippen LogP) is 2.25. The molecule has 3 rings (SSSR count). The van der Waals surface area contributed by atoms with Gasteiger partial charge in [0.15, 0.2) is 0 Å². The van der Waals surface area contributed by atoms with Gasteiger partial charge in [0.1, 0.15) is 0 Å². The van der Waals surface area contributed by atoms with Crippen molar-refractivity contribution in [3.63, 3.8) is 0 Å². The van der Waals surface area contributed by atoms with E-state index in [0.717, 1.165) is 36.2 Å². The van der Waals surface area contributed by atoms with Gasteiger partial charge in [-0.05, 0) is 30.5 Å². The maximum Gasteiger partial charge on any atom is 0.261 e. The van der Waals surface area contributed by atoms with Crippen LogP contribution >= 0.6 is 11.3 Å². The first-order chi connectivity index (χ1) is 11.6. The zero-order valence-electron chi connectivity index (χ0n) is 13.1. The van der Waals surface area contributed by atoms with Crippen molar-refractivity contribution in [1.82, 2.24) is 14.6 Å². The molecular formula is C16H19N3O3S2. The van der Waals surface area contributed by atoms with Gasteiger partial charge in [-0.2, -0.15) is 4.31 Å². The molecule has 6 nitrogen and oxygen atoms in total.